The lowest BCUT2D eigenvalue weighted by molar-refractivity contribution is 0.512. The molecule has 1 N–H and O–H groups in total. The summed E-state index contributed by atoms with van der Waals surface area (Å²) in [5.74, 6) is 0.0614. The Kier molecular flexibility index (Phi) is 4.67. The number of nitriles is 1. The molecule has 0 bridgehead atoms. The highest BCUT2D eigenvalue weighted by Gasteiger charge is 2.22. The van der Waals surface area contributed by atoms with E-state index in [0.29, 0.717) is 5.01 Å². The van der Waals surface area contributed by atoms with Crippen molar-refractivity contribution in [2.45, 2.75) is 25.7 Å². The Morgan fingerprint density at radius 2 is 1.83 bits per heavy atom. The zero-order chi connectivity index (χ0) is 19.8. The van der Waals surface area contributed by atoms with Crippen molar-refractivity contribution in [3.05, 3.63) is 74.2 Å². The Bertz CT molecular complexity index is 1290. The minimum absolute atomic E-state index is 0.0614. The average Bonchev–Trinajstić information content (AvgIpc) is 3.41. The van der Waals surface area contributed by atoms with Crippen LogP contribution in [0.2, 0.25) is 0 Å². The largest absolute Gasteiger partial charge is 0.506 e. The van der Waals surface area contributed by atoms with Gasteiger partial charge in [-0.3, -0.25) is 0 Å². The van der Waals surface area contributed by atoms with Gasteiger partial charge in [-0.25, -0.2) is 4.98 Å². The third-order valence-corrected chi connectivity index (χ3v) is 7.38. The predicted molar refractivity (Wildman–Crippen MR) is 121 cm³/mol. The molecule has 0 aliphatic heterocycles. The van der Waals surface area contributed by atoms with Crippen LogP contribution in [0.5, 0.6) is 0 Å². The summed E-state index contributed by atoms with van der Waals surface area (Å²) >= 11 is 3.08. The van der Waals surface area contributed by atoms with E-state index in [1.807, 2.05) is 29.0 Å². The van der Waals surface area contributed by atoms with Gasteiger partial charge in [-0.05, 0) is 48.1 Å². The van der Waals surface area contributed by atoms with Crippen LogP contribution in [-0.4, -0.2) is 10.1 Å². The molecule has 2 aromatic carbocycles. The monoisotopic (exact) mass is 414 g/mol. The van der Waals surface area contributed by atoms with E-state index in [-0.39, 0.29) is 11.3 Å². The number of aromatic nitrogens is 1. The number of benzene rings is 2. The number of nitrogens with zero attached hydrogens (tertiary/aromatic N) is 2. The molecule has 142 valence electrons. The van der Waals surface area contributed by atoms with Gasteiger partial charge in [0.1, 0.15) is 22.4 Å². The van der Waals surface area contributed by atoms with E-state index in [4.69, 9.17) is 0 Å². The van der Waals surface area contributed by atoms with Gasteiger partial charge < -0.3 is 5.11 Å². The van der Waals surface area contributed by atoms with E-state index in [1.165, 1.54) is 33.6 Å². The summed E-state index contributed by atoms with van der Waals surface area (Å²) < 4.78 is 0. The fourth-order valence-electron chi connectivity index (χ4n) is 3.90. The smallest absolute Gasteiger partial charge is 0.144 e. The fraction of sp³-hybridized carbons (Fsp3) is 0.167. The molecule has 0 amide bonds. The van der Waals surface area contributed by atoms with Gasteiger partial charge in [-0.1, -0.05) is 36.4 Å². The molecular weight excluding hydrogens is 396 g/mol. The van der Waals surface area contributed by atoms with E-state index in [9.17, 15) is 10.4 Å². The van der Waals surface area contributed by atoms with Crippen LogP contribution in [0.4, 0.5) is 0 Å². The Balaban J connectivity index is 1.55. The lowest BCUT2D eigenvalue weighted by atomic mass is 9.94. The molecule has 3 nitrogen and oxygen atoms in total. The number of hydrogen-bond donors (Lipinski definition) is 1. The van der Waals surface area contributed by atoms with Crippen molar-refractivity contribution in [2.75, 3.05) is 0 Å². The van der Waals surface area contributed by atoms with Gasteiger partial charge in [0, 0.05) is 26.8 Å². The lowest BCUT2D eigenvalue weighted by Crippen LogP contribution is -2.01. The first-order valence-corrected chi connectivity index (χ1v) is 11.4. The number of aliphatic hydroxyl groups excluding tert-OH is 1. The standard InChI is InChI=1S/C24H18N2OS2/c25-12-19(23(27)20-13-28-22-8-4-3-7-18(20)22)24-26-21(14-29-24)17-10-9-15-5-1-2-6-16(15)11-17/h1-2,5-6,9-11,13-14,27H,3-4,7-8H2. The number of allylic oxidation sites excluding steroid dienone is 1. The van der Waals surface area contributed by atoms with Gasteiger partial charge in [-0.2, -0.15) is 5.26 Å². The van der Waals surface area contributed by atoms with Crippen LogP contribution in [0.3, 0.4) is 0 Å². The molecule has 0 saturated heterocycles. The average molecular weight is 415 g/mol. The minimum Gasteiger partial charge on any atom is -0.506 e. The number of fused-ring (bicyclic) bond motifs is 2. The Labute approximate surface area is 177 Å². The van der Waals surface area contributed by atoms with Crippen LogP contribution in [-0.2, 0) is 12.8 Å². The summed E-state index contributed by atoms with van der Waals surface area (Å²) in [5, 5.41) is 27.5. The Hall–Kier alpha value is -2.94. The zero-order valence-electron chi connectivity index (χ0n) is 15.7. The number of thiophene rings is 1. The summed E-state index contributed by atoms with van der Waals surface area (Å²) in [6, 6.07) is 16.6. The maximum atomic E-state index is 10.9. The second kappa shape index (κ2) is 7.47. The second-order valence-corrected chi connectivity index (χ2v) is 9.02. The van der Waals surface area contributed by atoms with Crippen molar-refractivity contribution in [2.24, 2.45) is 0 Å². The molecule has 0 fully saturated rings. The molecule has 0 spiro atoms. The van der Waals surface area contributed by atoms with Gasteiger partial charge in [-0.15, -0.1) is 22.7 Å². The predicted octanol–water partition coefficient (Wildman–Crippen LogP) is 6.85. The number of hydrogen-bond acceptors (Lipinski definition) is 5. The fourth-order valence-corrected chi connectivity index (χ4v) is 5.85. The van der Waals surface area contributed by atoms with Crippen molar-refractivity contribution >= 4 is 44.8 Å². The first-order valence-electron chi connectivity index (χ1n) is 9.62. The van der Waals surface area contributed by atoms with Gasteiger partial charge >= 0.3 is 0 Å². The molecular formula is C24H18N2OS2. The van der Waals surface area contributed by atoms with Crippen molar-refractivity contribution < 1.29 is 5.11 Å². The number of rotatable bonds is 3. The van der Waals surface area contributed by atoms with Crippen LogP contribution in [0.25, 0.3) is 33.4 Å². The molecule has 1 aliphatic rings. The van der Waals surface area contributed by atoms with Gasteiger partial charge in [0.15, 0.2) is 0 Å². The normalized spacial score (nSPS) is 14.3. The maximum Gasteiger partial charge on any atom is 0.144 e. The molecule has 4 aromatic rings. The quantitative estimate of drug-likeness (QED) is 0.294. The van der Waals surface area contributed by atoms with Gasteiger partial charge in [0.2, 0.25) is 0 Å². The molecule has 5 heteroatoms. The van der Waals surface area contributed by atoms with E-state index >= 15 is 0 Å². The molecule has 0 saturated carbocycles. The third kappa shape index (κ3) is 3.25. The summed E-state index contributed by atoms with van der Waals surface area (Å²) in [4.78, 5) is 6.02. The van der Waals surface area contributed by atoms with Crippen LogP contribution >= 0.6 is 22.7 Å². The maximum absolute atomic E-state index is 10.9. The van der Waals surface area contributed by atoms with Crippen LogP contribution in [0.1, 0.15) is 33.9 Å². The third-order valence-electron chi connectivity index (χ3n) is 5.43. The molecule has 29 heavy (non-hydrogen) atoms. The number of aliphatic hydroxyl groups is 1. The molecule has 0 radical (unpaired) electrons. The van der Waals surface area contributed by atoms with Crippen molar-refractivity contribution in [1.29, 1.82) is 5.26 Å². The van der Waals surface area contributed by atoms with Crippen molar-refractivity contribution in [3.63, 3.8) is 0 Å². The summed E-state index contributed by atoms with van der Waals surface area (Å²) in [5.41, 5.74) is 4.11. The first-order chi connectivity index (χ1) is 14.2. The highest BCUT2D eigenvalue weighted by molar-refractivity contribution is 7.11. The van der Waals surface area contributed by atoms with E-state index in [2.05, 4.69) is 35.3 Å². The first kappa shape index (κ1) is 18.1. The van der Waals surface area contributed by atoms with Gasteiger partial charge in [0.05, 0.1) is 5.69 Å². The van der Waals surface area contributed by atoms with Crippen molar-refractivity contribution in [1.82, 2.24) is 4.98 Å². The minimum atomic E-state index is 0.0614. The second-order valence-electron chi connectivity index (χ2n) is 7.19. The van der Waals surface area contributed by atoms with E-state index in [1.54, 1.807) is 11.3 Å². The Morgan fingerprint density at radius 3 is 2.69 bits per heavy atom. The summed E-state index contributed by atoms with van der Waals surface area (Å²) in [7, 11) is 0. The van der Waals surface area contributed by atoms with Gasteiger partial charge in [0.25, 0.3) is 0 Å². The van der Waals surface area contributed by atoms with E-state index in [0.717, 1.165) is 41.5 Å². The number of aryl methyl sites for hydroxylation is 1. The molecule has 0 atom stereocenters. The Morgan fingerprint density at radius 1 is 1.00 bits per heavy atom. The van der Waals surface area contributed by atoms with Crippen LogP contribution in [0, 0.1) is 11.3 Å². The highest BCUT2D eigenvalue weighted by Crippen LogP contribution is 2.37. The number of thiazole rings is 1. The molecule has 5 rings (SSSR count). The van der Waals surface area contributed by atoms with E-state index < -0.39 is 0 Å². The highest BCUT2D eigenvalue weighted by atomic mass is 32.1. The SMILES string of the molecule is N#CC(=C(O)c1csc2c1CCCC2)c1nc(-c2ccc3ccccc3c2)cs1. The molecule has 2 aromatic heterocycles. The molecule has 1 aliphatic carbocycles. The van der Waals surface area contributed by atoms with Crippen molar-refractivity contribution in [3.8, 4) is 17.3 Å². The topological polar surface area (TPSA) is 56.9 Å². The van der Waals surface area contributed by atoms with Crippen LogP contribution < -0.4 is 0 Å². The lowest BCUT2D eigenvalue weighted by Gasteiger charge is -2.12. The molecule has 0 unspecified atom stereocenters. The summed E-state index contributed by atoms with van der Waals surface area (Å²) in [6.45, 7) is 0. The zero-order valence-corrected chi connectivity index (χ0v) is 17.3. The summed E-state index contributed by atoms with van der Waals surface area (Å²) in [6.07, 6.45) is 4.37. The molecule has 2 heterocycles. The van der Waals surface area contributed by atoms with Crippen LogP contribution in [0.15, 0.2) is 53.2 Å².